The molecule has 2 rings (SSSR count). The molecule has 6 heteroatoms. The SMILES string of the molecule is CCCC(=O)Nc1ccc(Cl)c(NCC(=O)Nc2cc(C)cc(C)c2)c1. The Labute approximate surface area is 159 Å². The highest BCUT2D eigenvalue weighted by atomic mass is 35.5. The van der Waals surface area contributed by atoms with Crippen molar-refractivity contribution in [1.82, 2.24) is 0 Å². The van der Waals surface area contributed by atoms with E-state index in [1.165, 1.54) is 0 Å². The van der Waals surface area contributed by atoms with E-state index in [2.05, 4.69) is 16.0 Å². The number of halogens is 1. The lowest BCUT2D eigenvalue weighted by atomic mass is 10.1. The van der Waals surface area contributed by atoms with Crippen molar-refractivity contribution in [3.63, 3.8) is 0 Å². The van der Waals surface area contributed by atoms with Gasteiger partial charge in [-0.15, -0.1) is 0 Å². The summed E-state index contributed by atoms with van der Waals surface area (Å²) in [6.07, 6.45) is 1.24. The number of hydrogen-bond donors (Lipinski definition) is 3. The molecular weight excluding hydrogens is 350 g/mol. The Hall–Kier alpha value is -2.53. The second kappa shape index (κ2) is 9.25. The molecular formula is C20H24ClN3O2. The van der Waals surface area contributed by atoms with Gasteiger partial charge < -0.3 is 16.0 Å². The first kappa shape index (κ1) is 19.8. The van der Waals surface area contributed by atoms with Gasteiger partial charge in [-0.05, 0) is 61.7 Å². The van der Waals surface area contributed by atoms with E-state index in [0.29, 0.717) is 22.8 Å². The smallest absolute Gasteiger partial charge is 0.243 e. The number of aryl methyl sites for hydroxylation is 2. The first-order valence-corrected chi connectivity index (χ1v) is 8.96. The standard InChI is InChI=1S/C20H24ClN3O2/c1-4-5-19(25)23-15-6-7-17(21)18(11-15)22-12-20(26)24-16-9-13(2)8-14(3)10-16/h6-11,22H,4-5,12H2,1-3H3,(H,23,25)(H,24,26). The Morgan fingerprint density at radius 2 is 1.58 bits per heavy atom. The molecule has 0 atom stereocenters. The molecule has 0 heterocycles. The molecule has 0 aliphatic heterocycles. The number of benzene rings is 2. The summed E-state index contributed by atoms with van der Waals surface area (Å²) in [4.78, 5) is 23.9. The fourth-order valence-corrected chi connectivity index (χ4v) is 2.80. The molecule has 138 valence electrons. The second-order valence-corrected chi connectivity index (χ2v) is 6.68. The Bertz CT molecular complexity index is 785. The van der Waals surface area contributed by atoms with Crippen molar-refractivity contribution in [2.24, 2.45) is 0 Å². The molecule has 0 fully saturated rings. The van der Waals surface area contributed by atoms with E-state index in [-0.39, 0.29) is 18.4 Å². The van der Waals surface area contributed by atoms with Crippen LogP contribution in [0.2, 0.25) is 5.02 Å². The highest BCUT2D eigenvalue weighted by Gasteiger charge is 2.08. The van der Waals surface area contributed by atoms with Gasteiger partial charge in [-0.3, -0.25) is 9.59 Å². The first-order valence-electron chi connectivity index (χ1n) is 8.59. The van der Waals surface area contributed by atoms with Gasteiger partial charge in [0.25, 0.3) is 0 Å². The van der Waals surface area contributed by atoms with Gasteiger partial charge >= 0.3 is 0 Å². The average Bonchev–Trinajstić information content (AvgIpc) is 2.54. The van der Waals surface area contributed by atoms with Gasteiger partial charge in [0, 0.05) is 17.8 Å². The zero-order chi connectivity index (χ0) is 19.1. The summed E-state index contributed by atoms with van der Waals surface area (Å²) in [6, 6.07) is 11.0. The van der Waals surface area contributed by atoms with Gasteiger partial charge in [0.05, 0.1) is 17.3 Å². The van der Waals surface area contributed by atoms with E-state index in [4.69, 9.17) is 11.6 Å². The minimum absolute atomic E-state index is 0.0478. The third kappa shape index (κ3) is 6.08. The third-order valence-corrected chi connectivity index (χ3v) is 4.00. The normalized spacial score (nSPS) is 10.3. The van der Waals surface area contributed by atoms with Crippen molar-refractivity contribution >= 4 is 40.5 Å². The number of hydrogen-bond acceptors (Lipinski definition) is 3. The maximum absolute atomic E-state index is 12.2. The van der Waals surface area contributed by atoms with Crippen molar-refractivity contribution in [2.75, 3.05) is 22.5 Å². The van der Waals surface area contributed by atoms with Crippen LogP contribution in [0.25, 0.3) is 0 Å². The molecule has 0 spiro atoms. The summed E-state index contributed by atoms with van der Waals surface area (Å²) in [7, 11) is 0. The van der Waals surface area contributed by atoms with Crippen LogP contribution in [0, 0.1) is 13.8 Å². The molecule has 0 saturated carbocycles. The minimum atomic E-state index is -0.175. The molecule has 2 aromatic carbocycles. The molecule has 2 aromatic rings. The average molecular weight is 374 g/mol. The summed E-state index contributed by atoms with van der Waals surface area (Å²) in [6.45, 7) is 5.99. The molecule has 0 unspecified atom stereocenters. The van der Waals surface area contributed by atoms with Crippen LogP contribution in [0.15, 0.2) is 36.4 Å². The Kier molecular flexibility index (Phi) is 7.04. The van der Waals surface area contributed by atoms with E-state index in [0.717, 1.165) is 23.2 Å². The zero-order valence-electron chi connectivity index (χ0n) is 15.3. The second-order valence-electron chi connectivity index (χ2n) is 6.27. The van der Waals surface area contributed by atoms with Crippen molar-refractivity contribution in [3.05, 3.63) is 52.5 Å². The number of amides is 2. The predicted octanol–water partition coefficient (Wildman–Crippen LogP) is 4.75. The van der Waals surface area contributed by atoms with Gasteiger partial charge in [-0.2, -0.15) is 0 Å². The highest BCUT2D eigenvalue weighted by Crippen LogP contribution is 2.25. The minimum Gasteiger partial charge on any atom is -0.375 e. The maximum Gasteiger partial charge on any atom is 0.243 e. The molecule has 26 heavy (non-hydrogen) atoms. The Morgan fingerprint density at radius 3 is 2.23 bits per heavy atom. The summed E-state index contributed by atoms with van der Waals surface area (Å²) in [5.74, 6) is -0.222. The highest BCUT2D eigenvalue weighted by molar-refractivity contribution is 6.33. The summed E-state index contributed by atoms with van der Waals surface area (Å²) >= 11 is 6.17. The maximum atomic E-state index is 12.2. The lowest BCUT2D eigenvalue weighted by Gasteiger charge is -2.12. The van der Waals surface area contributed by atoms with Gasteiger partial charge in [0.15, 0.2) is 0 Å². The van der Waals surface area contributed by atoms with E-state index in [1.807, 2.05) is 39.0 Å². The quantitative estimate of drug-likeness (QED) is 0.656. The monoisotopic (exact) mass is 373 g/mol. The van der Waals surface area contributed by atoms with Crippen LogP contribution in [-0.2, 0) is 9.59 Å². The van der Waals surface area contributed by atoms with Crippen LogP contribution >= 0.6 is 11.6 Å². The number of carbonyl (C=O) groups excluding carboxylic acids is 2. The lowest BCUT2D eigenvalue weighted by Crippen LogP contribution is -2.22. The molecule has 0 aromatic heterocycles. The summed E-state index contributed by atoms with van der Waals surface area (Å²) < 4.78 is 0. The number of rotatable bonds is 7. The largest absolute Gasteiger partial charge is 0.375 e. The molecule has 0 radical (unpaired) electrons. The number of carbonyl (C=O) groups is 2. The van der Waals surface area contributed by atoms with Crippen LogP contribution in [0.4, 0.5) is 17.1 Å². The molecule has 0 bridgehead atoms. The first-order chi connectivity index (χ1) is 12.4. The van der Waals surface area contributed by atoms with E-state index in [9.17, 15) is 9.59 Å². The predicted molar refractivity (Wildman–Crippen MR) is 108 cm³/mol. The van der Waals surface area contributed by atoms with Crippen molar-refractivity contribution in [3.8, 4) is 0 Å². The van der Waals surface area contributed by atoms with Crippen LogP contribution in [0.1, 0.15) is 30.9 Å². The fourth-order valence-electron chi connectivity index (χ4n) is 2.62. The summed E-state index contributed by atoms with van der Waals surface area (Å²) in [5.41, 5.74) is 4.18. The van der Waals surface area contributed by atoms with Crippen LogP contribution in [0.5, 0.6) is 0 Å². The van der Waals surface area contributed by atoms with E-state index >= 15 is 0 Å². The third-order valence-electron chi connectivity index (χ3n) is 3.67. The van der Waals surface area contributed by atoms with Gasteiger partial charge in [0.1, 0.15) is 0 Å². The Balaban J connectivity index is 1.97. The van der Waals surface area contributed by atoms with Crippen LogP contribution in [-0.4, -0.2) is 18.4 Å². The molecule has 3 N–H and O–H groups in total. The number of nitrogens with one attached hydrogen (secondary N) is 3. The number of anilines is 3. The van der Waals surface area contributed by atoms with Gasteiger partial charge in [-0.25, -0.2) is 0 Å². The topological polar surface area (TPSA) is 70.2 Å². The van der Waals surface area contributed by atoms with Crippen LogP contribution in [0.3, 0.4) is 0 Å². The molecule has 5 nitrogen and oxygen atoms in total. The summed E-state index contributed by atoms with van der Waals surface area (Å²) in [5, 5.41) is 9.17. The van der Waals surface area contributed by atoms with Crippen LogP contribution < -0.4 is 16.0 Å². The Morgan fingerprint density at radius 1 is 0.923 bits per heavy atom. The fraction of sp³-hybridized carbons (Fsp3) is 0.300. The molecule has 0 saturated heterocycles. The van der Waals surface area contributed by atoms with E-state index in [1.54, 1.807) is 18.2 Å². The molecule has 0 aliphatic rings. The zero-order valence-corrected chi connectivity index (χ0v) is 16.0. The van der Waals surface area contributed by atoms with Gasteiger partial charge in [-0.1, -0.05) is 24.6 Å². The van der Waals surface area contributed by atoms with Crippen molar-refractivity contribution in [2.45, 2.75) is 33.6 Å². The van der Waals surface area contributed by atoms with Gasteiger partial charge in [0.2, 0.25) is 11.8 Å². The molecule has 0 aliphatic carbocycles. The lowest BCUT2D eigenvalue weighted by molar-refractivity contribution is -0.116. The van der Waals surface area contributed by atoms with Crippen molar-refractivity contribution < 1.29 is 9.59 Å². The van der Waals surface area contributed by atoms with Crippen molar-refractivity contribution in [1.29, 1.82) is 0 Å². The van der Waals surface area contributed by atoms with E-state index < -0.39 is 0 Å². The molecule has 2 amide bonds.